The van der Waals surface area contributed by atoms with Gasteiger partial charge in [0.25, 0.3) is 0 Å². The second kappa shape index (κ2) is 6.56. The molecule has 0 aliphatic carbocycles. The molecule has 0 aliphatic rings. The number of carbonyl (C=O) groups excluding carboxylic acids is 1. The quantitative estimate of drug-likeness (QED) is 0.851. The van der Waals surface area contributed by atoms with Crippen molar-refractivity contribution in [2.45, 2.75) is 46.2 Å². The molecule has 0 unspecified atom stereocenters. The van der Waals surface area contributed by atoms with E-state index in [4.69, 9.17) is 0 Å². The normalized spacial score (nSPS) is 13.1. The van der Waals surface area contributed by atoms with Gasteiger partial charge in [0.1, 0.15) is 0 Å². The third kappa shape index (κ3) is 4.73. The number of aromatic amines is 1. The van der Waals surface area contributed by atoms with Gasteiger partial charge in [-0.15, -0.1) is 0 Å². The van der Waals surface area contributed by atoms with Gasteiger partial charge in [-0.1, -0.05) is 20.8 Å². The third-order valence-electron chi connectivity index (χ3n) is 3.53. The molecular weight excluding hydrogens is 266 g/mol. The summed E-state index contributed by atoms with van der Waals surface area (Å²) in [5.74, 6) is 0.0660. The zero-order valence-corrected chi connectivity index (χ0v) is 12.8. The number of hydrogen-bond acceptors (Lipinski definition) is 3. The van der Waals surface area contributed by atoms with E-state index in [9.17, 15) is 4.79 Å². The van der Waals surface area contributed by atoms with Crippen molar-refractivity contribution in [1.29, 1.82) is 0 Å². The van der Waals surface area contributed by atoms with Gasteiger partial charge in [0, 0.05) is 31.6 Å². The van der Waals surface area contributed by atoms with Crippen molar-refractivity contribution in [3.63, 3.8) is 0 Å². The molecule has 0 radical (unpaired) electrons. The Bertz CT molecular complexity index is 539. The molecule has 2 N–H and O–H groups in total. The van der Waals surface area contributed by atoms with Crippen molar-refractivity contribution in [1.82, 2.24) is 25.1 Å². The van der Waals surface area contributed by atoms with Crippen molar-refractivity contribution in [2.75, 3.05) is 0 Å². The van der Waals surface area contributed by atoms with E-state index in [1.54, 1.807) is 18.7 Å². The lowest BCUT2D eigenvalue weighted by molar-refractivity contribution is -0.122. The van der Waals surface area contributed by atoms with Crippen LogP contribution in [0.2, 0.25) is 0 Å². The maximum atomic E-state index is 12.2. The first kappa shape index (κ1) is 15.3. The zero-order valence-electron chi connectivity index (χ0n) is 12.8. The van der Waals surface area contributed by atoms with Crippen LogP contribution in [0.4, 0.5) is 0 Å². The van der Waals surface area contributed by atoms with E-state index in [1.165, 1.54) is 0 Å². The lowest BCUT2D eigenvalue weighted by atomic mass is 9.86. The summed E-state index contributed by atoms with van der Waals surface area (Å²) in [4.78, 5) is 16.2. The largest absolute Gasteiger partial charge is 0.351 e. The molecule has 0 aromatic carbocycles. The Hall–Kier alpha value is -2.11. The van der Waals surface area contributed by atoms with Crippen LogP contribution in [0.15, 0.2) is 31.1 Å². The summed E-state index contributed by atoms with van der Waals surface area (Å²) in [5, 5.41) is 9.78. The highest BCUT2D eigenvalue weighted by Crippen LogP contribution is 2.21. The van der Waals surface area contributed by atoms with Crippen LogP contribution in [0.5, 0.6) is 0 Å². The van der Waals surface area contributed by atoms with Crippen LogP contribution in [0.25, 0.3) is 0 Å². The first-order valence-corrected chi connectivity index (χ1v) is 7.18. The Morgan fingerprint density at radius 3 is 2.86 bits per heavy atom. The van der Waals surface area contributed by atoms with Gasteiger partial charge in [0.2, 0.25) is 5.91 Å². The van der Waals surface area contributed by atoms with Crippen molar-refractivity contribution in [3.05, 3.63) is 36.7 Å². The fourth-order valence-corrected chi connectivity index (χ4v) is 2.08. The van der Waals surface area contributed by atoms with Crippen LogP contribution in [0, 0.1) is 5.41 Å². The number of amides is 1. The average molecular weight is 289 g/mol. The summed E-state index contributed by atoms with van der Waals surface area (Å²) >= 11 is 0. The number of rotatable bonds is 6. The summed E-state index contributed by atoms with van der Waals surface area (Å²) in [6.45, 7) is 7.11. The molecule has 0 spiro atoms. The minimum atomic E-state index is -0.0183. The Morgan fingerprint density at radius 2 is 2.29 bits per heavy atom. The van der Waals surface area contributed by atoms with Gasteiger partial charge in [-0.05, 0) is 17.4 Å². The van der Waals surface area contributed by atoms with E-state index in [0.29, 0.717) is 12.8 Å². The summed E-state index contributed by atoms with van der Waals surface area (Å²) < 4.78 is 1.99. The van der Waals surface area contributed by atoms with Gasteiger partial charge >= 0.3 is 0 Å². The molecule has 2 rings (SSSR count). The zero-order chi connectivity index (χ0) is 15.3. The molecule has 0 bridgehead atoms. The number of H-pyrrole nitrogens is 1. The van der Waals surface area contributed by atoms with E-state index in [0.717, 1.165) is 12.1 Å². The van der Waals surface area contributed by atoms with E-state index in [-0.39, 0.29) is 17.4 Å². The Labute approximate surface area is 125 Å². The lowest BCUT2D eigenvalue weighted by Crippen LogP contribution is -2.46. The van der Waals surface area contributed by atoms with Crippen LogP contribution in [0.3, 0.4) is 0 Å². The van der Waals surface area contributed by atoms with Gasteiger partial charge < -0.3 is 9.88 Å². The topological polar surface area (TPSA) is 75.6 Å². The molecule has 114 valence electrons. The number of nitrogens with zero attached hydrogens (tertiary/aromatic N) is 3. The fourth-order valence-electron chi connectivity index (χ4n) is 2.08. The summed E-state index contributed by atoms with van der Waals surface area (Å²) in [7, 11) is 0. The smallest absolute Gasteiger partial charge is 0.220 e. The first-order valence-electron chi connectivity index (χ1n) is 7.18. The monoisotopic (exact) mass is 289 g/mol. The van der Waals surface area contributed by atoms with Crippen LogP contribution in [0.1, 0.15) is 32.8 Å². The highest BCUT2D eigenvalue weighted by molar-refractivity contribution is 5.76. The van der Waals surface area contributed by atoms with Crippen LogP contribution in [-0.2, 0) is 17.8 Å². The van der Waals surface area contributed by atoms with E-state index < -0.39 is 0 Å². The van der Waals surface area contributed by atoms with Crippen LogP contribution in [-0.4, -0.2) is 31.7 Å². The SMILES string of the molecule is CC(C)(C)[C@@H](Cn1ccnc1)NC(=O)CCc1cn[nH]c1. The van der Waals surface area contributed by atoms with Crippen molar-refractivity contribution in [3.8, 4) is 0 Å². The Balaban J connectivity index is 1.90. The molecule has 0 fully saturated rings. The standard InChI is InChI=1S/C15H23N5O/c1-15(2,3)13(10-20-7-6-16-11-20)19-14(21)5-4-12-8-17-18-9-12/h6-9,11,13H,4-5,10H2,1-3H3,(H,17,18)(H,19,21)/t13-/m1/s1. The highest BCUT2D eigenvalue weighted by atomic mass is 16.1. The number of aryl methyl sites for hydroxylation is 1. The van der Waals surface area contributed by atoms with E-state index in [2.05, 4.69) is 41.3 Å². The minimum Gasteiger partial charge on any atom is -0.351 e. The van der Waals surface area contributed by atoms with Crippen LogP contribution < -0.4 is 5.32 Å². The molecule has 0 aliphatic heterocycles. The van der Waals surface area contributed by atoms with Crippen LogP contribution >= 0.6 is 0 Å². The van der Waals surface area contributed by atoms with Crippen molar-refractivity contribution < 1.29 is 4.79 Å². The molecular formula is C15H23N5O. The lowest BCUT2D eigenvalue weighted by Gasteiger charge is -2.31. The number of hydrogen-bond donors (Lipinski definition) is 2. The molecule has 6 nitrogen and oxygen atoms in total. The van der Waals surface area contributed by atoms with Gasteiger partial charge in [-0.2, -0.15) is 5.10 Å². The fraction of sp³-hybridized carbons (Fsp3) is 0.533. The van der Waals surface area contributed by atoms with E-state index >= 15 is 0 Å². The number of nitrogens with one attached hydrogen (secondary N) is 2. The molecule has 2 heterocycles. The Kier molecular flexibility index (Phi) is 4.77. The molecule has 1 amide bonds. The summed E-state index contributed by atoms with van der Waals surface area (Å²) in [5.41, 5.74) is 1.03. The number of aromatic nitrogens is 4. The second-order valence-electron chi connectivity index (χ2n) is 6.35. The molecule has 6 heteroatoms. The van der Waals surface area contributed by atoms with Gasteiger partial charge in [0.15, 0.2) is 0 Å². The summed E-state index contributed by atoms with van der Waals surface area (Å²) in [6.07, 6.45) is 10.2. The minimum absolute atomic E-state index is 0.0183. The van der Waals surface area contributed by atoms with E-state index in [1.807, 2.05) is 17.0 Å². The number of carbonyl (C=O) groups is 1. The maximum Gasteiger partial charge on any atom is 0.220 e. The second-order valence-corrected chi connectivity index (χ2v) is 6.35. The highest BCUT2D eigenvalue weighted by Gasteiger charge is 2.26. The summed E-state index contributed by atoms with van der Waals surface area (Å²) in [6, 6.07) is 0.0588. The van der Waals surface area contributed by atoms with Gasteiger partial charge in [-0.3, -0.25) is 9.89 Å². The molecule has 2 aromatic heterocycles. The third-order valence-corrected chi connectivity index (χ3v) is 3.53. The molecule has 21 heavy (non-hydrogen) atoms. The van der Waals surface area contributed by atoms with Crippen molar-refractivity contribution >= 4 is 5.91 Å². The molecule has 0 saturated heterocycles. The van der Waals surface area contributed by atoms with Gasteiger partial charge in [-0.25, -0.2) is 4.98 Å². The maximum absolute atomic E-state index is 12.2. The molecule has 0 saturated carbocycles. The van der Waals surface area contributed by atoms with Crippen molar-refractivity contribution in [2.24, 2.45) is 5.41 Å². The van der Waals surface area contributed by atoms with Gasteiger partial charge in [0.05, 0.1) is 18.6 Å². The number of imidazole rings is 1. The molecule has 2 aromatic rings. The predicted molar refractivity (Wildman–Crippen MR) is 80.5 cm³/mol. The average Bonchev–Trinajstić information content (AvgIpc) is 3.07. The molecule has 1 atom stereocenters. The Morgan fingerprint density at radius 1 is 1.48 bits per heavy atom. The first-order chi connectivity index (χ1) is 9.95. The predicted octanol–water partition coefficient (Wildman–Crippen LogP) is 1.77.